The Morgan fingerprint density at radius 2 is 2.17 bits per heavy atom. The van der Waals surface area contributed by atoms with Crippen molar-refractivity contribution in [1.29, 1.82) is 0 Å². The first kappa shape index (κ1) is 18.8. The Balaban J connectivity index is 2.41. The number of rotatable bonds is 5. The van der Waals surface area contributed by atoms with Gasteiger partial charge >= 0.3 is 5.97 Å². The van der Waals surface area contributed by atoms with Gasteiger partial charge in [-0.2, -0.15) is 0 Å². The molecule has 0 fully saturated rings. The fourth-order valence-electron chi connectivity index (χ4n) is 2.78. The van der Waals surface area contributed by atoms with Crippen molar-refractivity contribution in [3.8, 4) is 0 Å². The molecule has 0 radical (unpaired) electrons. The van der Waals surface area contributed by atoms with Gasteiger partial charge in [-0.3, -0.25) is 4.79 Å². The monoisotopic (exact) mass is 353 g/mol. The number of halogens is 1. The first-order chi connectivity index (χ1) is 11.1. The van der Waals surface area contributed by atoms with E-state index in [1.807, 2.05) is 20.8 Å². The van der Waals surface area contributed by atoms with E-state index >= 15 is 0 Å². The van der Waals surface area contributed by atoms with E-state index in [1.54, 1.807) is 13.0 Å². The van der Waals surface area contributed by atoms with Gasteiger partial charge in [0.1, 0.15) is 11.9 Å². The Hall–Kier alpha value is -1.53. The highest BCUT2D eigenvalue weighted by Gasteiger charge is 2.40. The molecule has 132 valence electrons. The molecule has 2 unspecified atom stereocenters. The summed E-state index contributed by atoms with van der Waals surface area (Å²) in [7, 11) is -1.47. The summed E-state index contributed by atoms with van der Waals surface area (Å²) in [5.74, 6) is -1.33. The normalized spacial score (nSPS) is 19.7. The molecule has 0 bridgehead atoms. The molecule has 1 N–H and O–H groups in total. The molecule has 2 rings (SSSR count). The lowest BCUT2D eigenvalue weighted by atomic mass is 9.91. The third-order valence-electron chi connectivity index (χ3n) is 3.96. The molecule has 0 spiro atoms. The lowest BCUT2D eigenvalue weighted by Crippen LogP contribution is -2.47. The van der Waals surface area contributed by atoms with Gasteiger partial charge in [-0.05, 0) is 57.4 Å². The number of carbonyl (C=O) groups is 1. The van der Waals surface area contributed by atoms with Crippen molar-refractivity contribution in [3.63, 3.8) is 0 Å². The maximum atomic E-state index is 13.7. The van der Waals surface area contributed by atoms with Gasteiger partial charge in [0.25, 0.3) is 0 Å². The van der Waals surface area contributed by atoms with Crippen molar-refractivity contribution < 1.29 is 18.1 Å². The summed E-state index contributed by atoms with van der Waals surface area (Å²) >= 11 is 0. The average Bonchev–Trinajstić information content (AvgIpc) is 2.79. The Morgan fingerprint density at radius 1 is 1.50 bits per heavy atom. The molecule has 1 aromatic rings. The van der Waals surface area contributed by atoms with Gasteiger partial charge in [-0.1, -0.05) is 18.2 Å². The van der Waals surface area contributed by atoms with Crippen LogP contribution < -0.4 is 4.72 Å². The van der Waals surface area contributed by atoms with E-state index in [2.05, 4.69) is 11.3 Å². The van der Waals surface area contributed by atoms with Crippen LogP contribution in [0.5, 0.6) is 0 Å². The zero-order chi connectivity index (χ0) is 18.1. The summed E-state index contributed by atoms with van der Waals surface area (Å²) in [5, 5.41) is 0. The maximum Gasteiger partial charge on any atom is 0.325 e. The van der Waals surface area contributed by atoms with Crippen molar-refractivity contribution in [1.82, 2.24) is 4.72 Å². The highest BCUT2D eigenvalue weighted by atomic mass is 32.2. The lowest BCUT2D eigenvalue weighted by molar-refractivity contribution is -0.145. The Bertz CT molecular complexity index is 681. The third-order valence-corrected chi connectivity index (χ3v) is 5.54. The molecule has 0 saturated heterocycles. The number of benzene rings is 1. The Morgan fingerprint density at radius 3 is 2.75 bits per heavy atom. The van der Waals surface area contributed by atoms with Crippen molar-refractivity contribution in [2.24, 2.45) is 0 Å². The molecular weight excluding hydrogens is 329 g/mol. The maximum absolute atomic E-state index is 13.7. The Kier molecular flexibility index (Phi) is 5.60. The predicted molar refractivity (Wildman–Crippen MR) is 93.4 cm³/mol. The van der Waals surface area contributed by atoms with Gasteiger partial charge < -0.3 is 4.74 Å². The van der Waals surface area contributed by atoms with Crippen molar-refractivity contribution in [2.75, 3.05) is 6.61 Å². The van der Waals surface area contributed by atoms with Crippen LogP contribution in [0.2, 0.25) is 0 Å². The summed E-state index contributed by atoms with van der Waals surface area (Å²) in [5.41, 5.74) is 2.42. The third kappa shape index (κ3) is 3.92. The Labute approximate surface area is 145 Å². The van der Waals surface area contributed by atoms with E-state index < -0.39 is 33.7 Å². The van der Waals surface area contributed by atoms with Gasteiger partial charge in [0.05, 0.1) is 22.3 Å². The number of hydrogen-bond acceptors (Lipinski definition) is 3. The molecule has 4 nitrogen and oxygen atoms in total. The second-order valence-electron chi connectivity index (χ2n) is 6.88. The zero-order valence-electron chi connectivity index (χ0n) is 14.5. The summed E-state index contributed by atoms with van der Waals surface area (Å²) < 4.78 is 33.7. The van der Waals surface area contributed by atoms with Crippen LogP contribution >= 0.6 is 0 Å². The van der Waals surface area contributed by atoms with E-state index in [9.17, 15) is 13.4 Å². The molecule has 0 aromatic heterocycles. The van der Waals surface area contributed by atoms with Crippen LogP contribution in [-0.2, 0) is 26.9 Å². The quantitative estimate of drug-likeness (QED) is 0.654. The molecular formula is C18H24FNO3S. The van der Waals surface area contributed by atoms with E-state index in [1.165, 1.54) is 12.1 Å². The molecule has 0 amide bonds. The highest BCUT2D eigenvalue weighted by molar-refractivity contribution is 7.84. The molecule has 6 heteroatoms. The predicted octanol–water partition coefficient (Wildman–Crippen LogP) is 3.01. The molecule has 1 aliphatic rings. The minimum Gasteiger partial charge on any atom is -0.465 e. The first-order valence-electron chi connectivity index (χ1n) is 7.95. The summed E-state index contributed by atoms with van der Waals surface area (Å²) in [6, 6.07) is 3.67. The largest absolute Gasteiger partial charge is 0.465 e. The fourth-order valence-corrected chi connectivity index (χ4v) is 3.60. The van der Waals surface area contributed by atoms with Crippen LogP contribution in [0.1, 0.15) is 44.7 Å². The van der Waals surface area contributed by atoms with E-state index in [4.69, 9.17) is 4.74 Å². The fraction of sp³-hybridized carbons (Fsp3) is 0.500. The number of carbonyl (C=O) groups excluding carboxylic acids is 1. The zero-order valence-corrected chi connectivity index (χ0v) is 15.3. The second-order valence-corrected chi connectivity index (χ2v) is 8.88. The molecule has 1 aliphatic carbocycles. The van der Waals surface area contributed by atoms with Gasteiger partial charge in [-0.15, -0.1) is 0 Å². The summed E-state index contributed by atoms with van der Waals surface area (Å²) in [6.45, 7) is 11.4. The van der Waals surface area contributed by atoms with E-state index in [0.717, 1.165) is 11.1 Å². The highest BCUT2D eigenvalue weighted by Crippen LogP contribution is 2.40. The van der Waals surface area contributed by atoms with Gasteiger partial charge in [0, 0.05) is 5.92 Å². The molecule has 0 aliphatic heterocycles. The number of fused-ring (bicyclic) bond motifs is 1. The van der Waals surface area contributed by atoms with Gasteiger partial charge in [-0.25, -0.2) is 13.3 Å². The number of nitrogens with one attached hydrogen (secondary N) is 1. The van der Waals surface area contributed by atoms with Crippen LogP contribution in [-0.4, -0.2) is 27.6 Å². The number of ether oxygens (including phenoxy) is 1. The smallest absolute Gasteiger partial charge is 0.325 e. The number of hydrogen-bond donors (Lipinski definition) is 1. The van der Waals surface area contributed by atoms with Crippen LogP contribution in [0.15, 0.2) is 30.4 Å². The summed E-state index contributed by atoms with van der Waals surface area (Å²) in [4.78, 5) is 12.5. The topological polar surface area (TPSA) is 55.4 Å². The van der Waals surface area contributed by atoms with Crippen molar-refractivity contribution in [3.05, 3.63) is 47.3 Å². The van der Waals surface area contributed by atoms with E-state index in [-0.39, 0.29) is 12.4 Å². The molecule has 0 saturated carbocycles. The molecule has 1 aromatic carbocycles. The van der Waals surface area contributed by atoms with Crippen LogP contribution in [0.4, 0.5) is 4.39 Å². The molecule has 24 heavy (non-hydrogen) atoms. The van der Waals surface area contributed by atoms with Gasteiger partial charge in [0.2, 0.25) is 0 Å². The standard InChI is InChI=1S/C18H24FNO3S/c1-6-23-17(21)16(20-24(22)18(3,4)5)15-11(2)9-12-7-8-13(19)10-14(12)15/h7-8,10,15-16,20H,2,6,9H2,1,3-5H3/t15?,16-,24?/m0/s1. The van der Waals surface area contributed by atoms with Gasteiger partial charge in [0.15, 0.2) is 0 Å². The molecule has 0 heterocycles. The molecule has 3 atom stereocenters. The van der Waals surface area contributed by atoms with E-state index in [0.29, 0.717) is 12.0 Å². The van der Waals surface area contributed by atoms with Crippen LogP contribution in [0.25, 0.3) is 0 Å². The minimum absolute atomic E-state index is 0.217. The lowest BCUT2D eigenvalue weighted by Gasteiger charge is -2.28. The SMILES string of the molecule is C=C1Cc2ccc(F)cc2C1[C@H](NS(=O)C(C)(C)C)C(=O)OCC. The second kappa shape index (κ2) is 7.15. The summed E-state index contributed by atoms with van der Waals surface area (Å²) in [6.07, 6.45) is 0.569. The van der Waals surface area contributed by atoms with Crippen molar-refractivity contribution in [2.45, 2.75) is 50.8 Å². The first-order valence-corrected chi connectivity index (χ1v) is 9.10. The number of esters is 1. The van der Waals surface area contributed by atoms with Crippen molar-refractivity contribution >= 4 is 17.0 Å². The van der Waals surface area contributed by atoms with Crippen LogP contribution in [0.3, 0.4) is 0 Å². The average molecular weight is 353 g/mol. The van der Waals surface area contributed by atoms with Crippen LogP contribution in [0, 0.1) is 5.82 Å². The minimum atomic E-state index is -1.47.